The van der Waals surface area contributed by atoms with Crippen LogP contribution in [0.5, 0.6) is 5.75 Å². The highest BCUT2D eigenvalue weighted by Gasteiger charge is 2.14. The van der Waals surface area contributed by atoms with Crippen molar-refractivity contribution in [1.29, 1.82) is 0 Å². The van der Waals surface area contributed by atoms with E-state index >= 15 is 0 Å². The Morgan fingerprint density at radius 1 is 1.20 bits per heavy atom. The van der Waals surface area contributed by atoms with Gasteiger partial charge in [0.1, 0.15) is 12.4 Å². The number of aryl methyl sites for hydroxylation is 2. The van der Waals surface area contributed by atoms with Gasteiger partial charge >= 0.3 is 0 Å². The molecule has 1 N–H and O–H groups in total. The van der Waals surface area contributed by atoms with E-state index in [0.717, 1.165) is 11.3 Å². The number of nitrogens with one attached hydrogen (secondary N) is 1. The van der Waals surface area contributed by atoms with E-state index in [1.54, 1.807) is 11.5 Å². The average molecular weight is 427 g/mol. The third-order valence-electron chi connectivity index (χ3n) is 4.34. The number of non-ortho nitro benzene ring substituents is 1. The summed E-state index contributed by atoms with van der Waals surface area (Å²) < 4.78 is 7.51. The molecule has 0 saturated carbocycles. The van der Waals surface area contributed by atoms with Crippen molar-refractivity contribution in [2.24, 2.45) is 7.05 Å². The summed E-state index contributed by atoms with van der Waals surface area (Å²) in [5.41, 5.74) is 2.30. The maximum Gasteiger partial charge on any atom is 0.269 e. The molecule has 1 amide bonds. The number of rotatable bonds is 8. The first-order chi connectivity index (χ1) is 14.3. The number of thioether (sulfide) groups is 1. The zero-order valence-electron chi connectivity index (χ0n) is 16.8. The van der Waals surface area contributed by atoms with Gasteiger partial charge in [-0.25, -0.2) is 0 Å². The number of benzene rings is 2. The highest BCUT2D eigenvalue weighted by molar-refractivity contribution is 7.99. The lowest BCUT2D eigenvalue weighted by atomic mass is 10.2. The lowest BCUT2D eigenvalue weighted by Crippen LogP contribution is -2.15. The van der Waals surface area contributed by atoms with Crippen molar-refractivity contribution in [3.63, 3.8) is 0 Å². The van der Waals surface area contributed by atoms with E-state index < -0.39 is 4.92 Å². The fourth-order valence-corrected chi connectivity index (χ4v) is 3.33. The van der Waals surface area contributed by atoms with Crippen molar-refractivity contribution in [3.8, 4) is 5.75 Å². The second kappa shape index (κ2) is 9.40. The molecular weight excluding hydrogens is 406 g/mol. The van der Waals surface area contributed by atoms with E-state index in [2.05, 4.69) is 15.5 Å². The molecule has 3 rings (SSSR count). The first-order valence-electron chi connectivity index (χ1n) is 9.09. The summed E-state index contributed by atoms with van der Waals surface area (Å²) in [7, 11) is 1.81. The van der Waals surface area contributed by atoms with E-state index in [0.29, 0.717) is 22.2 Å². The summed E-state index contributed by atoms with van der Waals surface area (Å²) in [6.07, 6.45) is 0. The van der Waals surface area contributed by atoms with Crippen LogP contribution in [0.25, 0.3) is 0 Å². The van der Waals surface area contributed by atoms with Gasteiger partial charge in [-0.3, -0.25) is 14.9 Å². The highest BCUT2D eigenvalue weighted by atomic mass is 32.2. The number of anilines is 1. The van der Waals surface area contributed by atoms with Crippen molar-refractivity contribution in [2.75, 3.05) is 11.1 Å². The fraction of sp³-hybridized carbons (Fsp3) is 0.250. The van der Waals surface area contributed by atoms with Crippen molar-refractivity contribution in [3.05, 3.63) is 69.5 Å². The lowest BCUT2D eigenvalue weighted by Gasteiger charge is -2.08. The molecule has 0 aliphatic rings. The van der Waals surface area contributed by atoms with Crippen LogP contribution in [0.2, 0.25) is 0 Å². The Kier molecular flexibility index (Phi) is 6.68. The number of nitro groups is 1. The first-order valence-corrected chi connectivity index (χ1v) is 10.1. The Bertz CT molecular complexity index is 1070. The van der Waals surface area contributed by atoms with E-state index in [4.69, 9.17) is 4.74 Å². The fourth-order valence-electron chi connectivity index (χ4n) is 2.60. The van der Waals surface area contributed by atoms with E-state index in [-0.39, 0.29) is 24.0 Å². The van der Waals surface area contributed by atoms with Gasteiger partial charge in [-0.05, 0) is 37.6 Å². The summed E-state index contributed by atoms with van der Waals surface area (Å²) in [5, 5.41) is 22.4. The number of hydrogen-bond donors (Lipinski definition) is 1. The van der Waals surface area contributed by atoms with Crippen LogP contribution in [-0.2, 0) is 18.4 Å². The minimum absolute atomic E-state index is 0.0145. The Morgan fingerprint density at radius 3 is 2.60 bits per heavy atom. The van der Waals surface area contributed by atoms with Crippen LogP contribution < -0.4 is 10.1 Å². The Morgan fingerprint density at radius 2 is 1.93 bits per heavy atom. The largest absolute Gasteiger partial charge is 0.486 e. The van der Waals surface area contributed by atoms with Crippen LogP contribution in [0, 0.1) is 24.0 Å². The molecule has 0 unspecified atom stereocenters. The SMILES string of the molecule is Cc1ccc(OCc2nnc(SCC(=O)Nc3ccc([N+](=O)[O-])cc3C)n2C)cc1. The number of nitrogens with zero attached hydrogens (tertiary/aromatic N) is 4. The summed E-state index contributed by atoms with van der Waals surface area (Å²) in [5.74, 6) is 1.28. The molecule has 156 valence electrons. The van der Waals surface area contributed by atoms with Gasteiger partial charge in [0.05, 0.1) is 10.7 Å². The van der Waals surface area contributed by atoms with Gasteiger partial charge in [-0.1, -0.05) is 29.5 Å². The zero-order chi connectivity index (χ0) is 21.7. The van der Waals surface area contributed by atoms with Crippen LogP contribution in [0.3, 0.4) is 0 Å². The normalized spacial score (nSPS) is 10.6. The summed E-state index contributed by atoms with van der Waals surface area (Å²) in [6.45, 7) is 3.98. The quantitative estimate of drug-likeness (QED) is 0.332. The molecule has 1 heterocycles. The Hall–Kier alpha value is -3.40. The molecule has 0 atom stereocenters. The van der Waals surface area contributed by atoms with Crippen LogP contribution in [-0.4, -0.2) is 31.3 Å². The van der Waals surface area contributed by atoms with Crippen molar-refractivity contribution in [1.82, 2.24) is 14.8 Å². The minimum atomic E-state index is -0.470. The minimum Gasteiger partial charge on any atom is -0.486 e. The summed E-state index contributed by atoms with van der Waals surface area (Å²) >= 11 is 1.25. The molecular formula is C20H21N5O4S. The number of nitro benzene ring substituents is 1. The molecule has 30 heavy (non-hydrogen) atoms. The van der Waals surface area contributed by atoms with Gasteiger partial charge in [-0.15, -0.1) is 10.2 Å². The van der Waals surface area contributed by atoms with Crippen LogP contribution in [0.4, 0.5) is 11.4 Å². The van der Waals surface area contributed by atoms with Crippen molar-refractivity contribution < 1.29 is 14.5 Å². The molecule has 0 saturated heterocycles. The second-order valence-electron chi connectivity index (χ2n) is 6.65. The van der Waals surface area contributed by atoms with E-state index in [9.17, 15) is 14.9 Å². The molecule has 3 aromatic rings. The number of aromatic nitrogens is 3. The summed E-state index contributed by atoms with van der Waals surface area (Å²) in [4.78, 5) is 22.6. The highest BCUT2D eigenvalue weighted by Crippen LogP contribution is 2.22. The standard InChI is InChI=1S/C20H21N5O4S/c1-13-4-7-16(8-5-13)29-11-18-22-23-20(24(18)3)30-12-19(26)21-17-9-6-15(25(27)28)10-14(17)2/h4-10H,11-12H2,1-3H3,(H,21,26). The third kappa shape index (κ3) is 5.35. The average Bonchev–Trinajstić information content (AvgIpc) is 3.07. The second-order valence-corrected chi connectivity index (χ2v) is 7.60. The molecule has 0 aliphatic heterocycles. The number of hydrogen-bond acceptors (Lipinski definition) is 7. The van der Waals surface area contributed by atoms with Crippen LogP contribution in [0.15, 0.2) is 47.6 Å². The third-order valence-corrected chi connectivity index (χ3v) is 5.36. The molecule has 0 aliphatic carbocycles. The molecule has 0 fully saturated rings. The predicted octanol–water partition coefficient (Wildman–Crippen LogP) is 3.65. The van der Waals surface area contributed by atoms with Gasteiger partial charge in [0.15, 0.2) is 11.0 Å². The Labute approximate surface area is 177 Å². The van der Waals surface area contributed by atoms with Gasteiger partial charge in [0.25, 0.3) is 5.69 Å². The van der Waals surface area contributed by atoms with Gasteiger partial charge in [0, 0.05) is 24.9 Å². The molecule has 9 nitrogen and oxygen atoms in total. The van der Waals surface area contributed by atoms with E-state index in [1.165, 1.54) is 30.0 Å². The van der Waals surface area contributed by atoms with Crippen molar-refractivity contribution >= 4 is 29.0 Å². The van der Waals surface area contributed by atoms with Gasteiger partial charge in [-0.2, -0.15) is 0 Å². The first kappa shape index (κ1) is 21.3. The maximum absolute atomic E-state index is 12.3. The number of carbonyl (C=O) groups excluding carboxylic acids is 1. The monoisotopic (exact) mass is 427 g/mol. The smallest absolute Gasteiger partial charge is 0.269 e. The van der Waals surface area contributed by atoms with E-state index in [1.807, 2.05) is 38.2 Å². The lowest BCUT2D eigenvalue weighted by molar-refractivity contribution is -0.384. The molecule has 1 aromatic heterocycles. The molecule has 0 spiro atoms. The van der Waals surface area contributed by atoms with Gasteiger partial charge < -0.3 is 14.6 Å². The van der Waals surface area contributed by atoms with Crippen molar-refractivity contribution in [2.45, 2.75) is 25.6 Å². The molecule has 0 radical (unpaired) electrons. The molecule has 0 bridgehead atoms. The topological polar surface area (TPSA) is 112 Å². The maximum atomic E-state index is 12.3. The Balaban J connectivity index is 1.54. The van der Waals surface area contributed by atoms with Gasteiger partial charge in [0.2, 0.25) is 5.91 Å². The molecule has 2 aromatic carbocycles. The van der Waals surface area contributed by atoms with Crippen LogP contribution >= 0.6 is 11.8 Å². The molecule has 10 heteroatoms. The number of ether oxygens (including phenoxy) is 1. The van der Waals surface area contributed by atoms with Crippen LogP contribution in [0.1, 0.15) is 17.0 Å². The number of carbonyl (C=O) groups is 1. The summed E-state index contributed by atoms with van der Waals surface area (Å²) in [6, 6.07) is 12.0. The number of amides is 1. The zero-order valence-corrected chi connectivity index (χ0v) is 17.6. The predicted molar refractivity (Wildman–Crippen MR) is 114 cm³/mol.